The van der Waals surface area contributed by atoms with E-state index in [2.05, 4.69) is 22.4 Å². The Balaban J connectivity index is 1.46. The molecule has 2 aromatic rings. The SMILES string of the molecule is Cc1ccc(OCC2CCCN(C(=O)CCn3nnnc3C)C2)cc1. The maximum absolute atomic E-state index is 12.5. The molecule has 1 saturated heterocycles. The molecule has 1 aromatic heterocycles. The Morgan fingerprint density at radius 3 is 2.80 bits per heavy atom. The first-order chi connectivity index (χ1) is 12.1. The Kier molecular flexibility index (Phi) is 5.63. The van der Waals surface area contributed by atoms with Gasteiger partial charge in [-0.05, 0) is 49.2 Å². The number of aryl methyl sites for hydroxylation is 3. The summed E-state index contributed by atoms with van der Waals surface area (Å²) in [7, 11) is 0. The first-order valence-electron chi connectivity index (χ1n) is 8.82. The predicted molar refractivity (Wildman–Crippen MR) is 93.1 cm³/mol. The zero-order valence-corrected chi connectivity index (χ0v) is 14.9. The van der Waals surface area contributed by atoms with E-state index in [9.17, 15) is 4.79 Å². The Morgan fingerprint density at radius 2 is 2.08 bits per heavy atom. The number of amides is 1. The molecule has 7 nitrogen and oxygen atoms in total. The summed E-state index contributed by atoms with van der Waals surface area (Å²) in [6.07, 6.45) is 2.55. The number of aromatic nitrogens is 4. The van der Waals surface area contributed by atoms with E-state index >= 15 is 0 Å². The minimum Gasteiger partial charge on any atom is -0.493 e. The Labute approximate surface area is 148 Å². The number of carbonyl (C=O) groups is 1. The van der Waals surface area contributed by atoms with E-state index in [0.717, 1.165) is 37.5 Å². The number of carbonyl (C=O) groups excluding carboxylic acids is 1. The molecule has 0 N–H and O–H groups in total. The molecule has 1 atom stereocenters. The first kappa shape index (κ1) is 17.4. The summed E-state index contributed by atoms with van der Waals surface area (Å²) >= 11 is 0. The summed E-state index contributed by atoms with van der Waals surface area (Å²) in [4.78, 5) is 14.4. The highest BCUT2D eigenvalue weighted by atomic mass is 16.5. The molecular weight excluding hydrogens is 318 g/mol. The third-order valence-corrected chi connectivity index (χ3v) is 4.63. The third-order valence-electron chi connectivity index (χ3n) is 4.63. The van der Waals surface area contributed by atoms with Crippen LogP contribution in [0.25, 0.3) is 0 Å². The van der Waals surface area contributed by atoms with Crippen molar-refractivity contribution in [3.05, 3.63) is 35.7 Å². The Morgan fingerprint density at radius 1 is 1.28 bits per heavy atom. The minimum absolute atomic E-state index is 0.162. The van der Waals surface area contributed by atoms with Crippen LogP contribution in [0.2, 0.25) is 0 Å². The van der Waals surface area contributed by atoms with Crippen molar-refractivity contribution in [3.63, 3.8) is 0 Å². The number of nitrogens with zero attached hydrogens (tertiary/aromatic N) is 5. The summed E-state index contributed by atoms with van der Waals surface area (Å²) in [5, 5.41) is 11.3. The van der Waals surface area contributed by atoms with Gasteiger partial charge in [-0.2, -0.15) is 0 Å². The van der Waals surface area contributed by atoms with Crippen LogP contribution in [-0.2, 0) is 11.3 Å². The third kappa shape index (κ3) is 4.78. The van der Waals surface area contributed by atoms with Crippen LogP contribution in [0, 0.1) is 19.8 Å². The quantitative estimate of drug-likeness (QED) is 0.802. The molecule has 134 valence electrons. The van der Waals surface area contributed by atoms with E-state index in [1.54, 1.807) is 4.68 Å². The van der Waals surface area contributed by atoms with Crippen LogP contribution in [0.5, 0.6) is 5.75 Å². The van der Waals surface area contributed by atoms with Crippen LogP contribution < -0.4 is 4.74 Å². The number of ether oxygens (including phenoxy) is 1. The van der Waals surface area contributed by atoms with Gasteiger partial charge >= 0.3 is 0 Å². The molecule has 0 radical (unpaired) electrons. The van der Waals surface area contributed by atoms with Gasteiger partial charge < -0.3 is 9.64 Å². The summed E-state index contributed by atoms with van der Waals surface area (Å²) in [5.41, 5.74) is 1.22. The number of tetrazole rings is 1. The van der Waals surface area contributed by atoms with E-state index in [1.807, 2.05) is 36.1 Å². The highest BCUT2D eigenvalue weighted by Gasteiger charge is 2.24. The van der Waals surface area contributed by atoms with Crippen LogP contribution in [0.15, 0.2) is 24.3 Å². The molecule has 1 unspecified atom stereocenters. The van der Waals surface area contributed by atoms with Gasteiger partial charge in [-0.1, -0.05) is 17.7 Å². The van der Waals surface area contributed by atoms with E-state index in [-0.39, 0.29) is 5.91 Å². The Hall–Kier alpha value is -2.44. The summed E-state index contributed by atoms with van der Waals surface area (Å²) in [6, 6.07) is 8.09. The molecule has 0 aliphatic carbocycles. The van der Waals surface area contributed by atoms with Crippen LogP contribution in [0.4, 0.5) is 0 Å². The summed E-state index contributed by atoms with van der Waals surface area (Å²) < 4.78 is 7.56. The van der Waals surface area contributed by atoms with Crippen LogP contribution in [0.1, 0.15) is 30.7 Å². The van der Waals surface area contributed by atoms with Crippen molar-refractivity contribution < 1.29 is 9.53 Å². The zero-order valence-electron chi connectivity index (χ0n) is 14.9. The number of likely N-dealkylation sites (tertiary alicyclic amines) is 1. The molecule has 1 fully saturated rings. The van der Waals surface area contributed by atoms with Crippen molar-refractivity contribution in [1.29, 1.82) is 0 Å². The normalized spacial score (nSPS) is 17.5. The molecule has 1 amide bonds. The van der Waals surface area contributed by atoms with E-state index in [0.29, 0.717) is 25.5 Å². The number of piperidine rings is 1. The monoisotopic (exact) mass is 343 g/mol. The number of rotatable bonds is 6. The van der Waals surface area contributed by atoms with Crippen molar-refractivity contribution in [1.82, 2.24) is 25.1 Å². The van der Waals surface area contributed by atoms with Gasteiger partial charge in [0.2, 0.25) is 5.91 Å². The van der Waals surface area contributed by atoms with Crippen molar-refractivity contribution in [2.24, 2.45) is 5.92 Å². The standard InChI is InChI=1S/C18H25N5O2/c1-14-5-7-17(8-6-14)25-13-16-4-3-10-22(12-16)18(24)9-11-23-15(2)19-20-21-23/h5-8,16H,3-4,9-13H2,1-2H3. The molecule has 0 saturated carbocycles. The average molecular weight is 343 g/mol. The van der Waals surface area contributed by atoms with Gasteiger partial charge in [0.1, 0.15) is 11.6 Å². The fourth-order valence-corrected chi connectivity index (χ4v) is 3.09. The summed E-state index contributed by atoms with van der Waals surface area (Å²) in [5.74, 6) is 2.17. The van der Waals surface area contributed by atoms with Crippen molar-refractivity contribution >= 4 is 5.91 Å². The average Bonchev–Trinajstić information content (AvgIpc) is 3.04. The lowest BCUT2D eigenvalue weighted by molar-refractivity contribution is -0.133. The van der Waals surface area contributed by atoms with Crippen molar-refractivity contribution in [2.75, 3.05) is 19.7 Å². The summed E-state index contributed by atoms with van der Waals surface area (Å²) in [6.45, 7) is 6.67. The molecule has 2 heterocycles. The molecule has 1 aliphatic rings. The molecule has 7 heteroatoms. The molecule has 1 aliphatic heterocycles. The second kappa shape index (κ2) is 8.09. The smallest absolute Gasteiger partial charge is 0.224 e. The maximum Gasteiger partial charge on any atom is 0.224 e. The molecule has 0 spiro atoms. The minimum atomic E-state index is 0.162. The van der Waals surface area contributed by atoms with Crippen molar-refractivity contribution in [3.8, 4) is 5.75 Å². The van der Waals surface area contributed by atoms with Gasteiger partial charge in [-0.25, -0.2) is 4.68 Å². The lowest BCUT2D eigenvalue weighted by Crippen LogP contribution is -2.41. The van der Waals surface area contributed by atoms with Gasteiger partial charge in [0.25, 0.3) is 0 Å². The maximum atomic E-state index is 12.5. The van der Waals surface area contributed by atoms with Gasteiger partial charge in [-0.15, -0.1) is 5.10 Å². The molecule has 3 rings (SSSR count). The molecule has 0 bridgehead atoms. The second-order valence-electron chi connectivity index (χ2n) is 6.67. The fourth-order valence-electron chi connectivity index (χ4n) is 3.09. The van der Waals surface area contributed by atoms with E-state index in [4.69, 9.17) is 4.74 Å². The van der Waals surface area contributed by atoms with Crippen LogP contribution in [0.3, 0.4) is 0 Å². The van der Waals surface area contributed by atoms with Gasteiger partial charge in [0.15, 0.2) is 0 Å². The number of hydrogen-bond donors (Lipinski definition) is 0. The predicted octanol–water partition coefficient (Wildman–Crippen LogP) is 2.00. The Bertz CT molecular complexity index is 698. The van der Waals surface area contributed by atoms with Crippen molar-refractivity contribution in [2.45, 2.75) is 39.7 Å². The van der Waals surface area contributed by atoms with Gasteiger partial charge in [0.05, 0.1) is 13.2 Å². The van der Waals surface area contributed by atoms with E-state index < -0.39 is 0 Å². The van der Waals surface area contributed by atoms with Gasteiger partial charge in [-0.3, -0.25) is 4.79 Å². The highest BCUT2D eigenvalue weighted by Crippen LogP contribution is 2.20. The topological polar surface area (TPSA) is 73.1 Å². The fraction of sp³-hybridized carbons (Fsp3) is 0.556. The van der Waals surface area contributed by atoms with E-state index in [1.165, 1.54) is 5.56 Å². The van der Waals surface area contributed by atoms with Crippen LogP contribution >= 0.6 is 0 Å². The highest BCUT2D eigenvalue weighted by molar-refractivity contribution is 5.76. The number of benzene rings is 1. The zero-order chi connectivity index (χ0) is 17.6. The molecular formula is C18H25N5O2. The lowest BCUT2D eigenvalue weighted by atomic mass is 9.98. The molecule has 1 aromatic carbocycles. The first-order valence-corrected chi connectivity index (χ1v) is 8.82. The van der Waals surface area contributed by atoms with Crippen LogP contribution in [-0.4, -0.2) is 50.7 Å². The second-order valence-corrected chi connectivity index (χ2v) is 6.67. The lowest BCUT2D eigenvalue weighted by Gasteiger charge is -2.32. The molecule has 25 heavy (non-hydrogen) atoms. The number of hydrogen-bond acceptors (Lipinski definition) is 5. The largest absolute Gasteiger partial charge is 0.493 e. The van der Waals surface area contributed by atoms with Gasteiger partial charge in [0, 0.05) is 25.4 Å².